The lowest BCUT2D eigenvalue weighted by Crippen LogP contribution is -1.97. The van der Waals surface area contributed by atoms with Crippen molar-refractivity contribution in [2.24, 2.45) is 0 Å². The molecule has 0 heterocycles. The van der Waals surface area contributed by atoms with Crippen LogP contribution in [0.1, 0.15) is 16.0 Å². The van der Waals surface area contributed by atoms with Crippen molar-refractivity contribution in [1.29, 1.82) is 0 Å². The molecule has 0 fully saturated rings. The molecule has 0 saturated heterocycles. The van der Waals surface area contributed by atoms with E-state index in [2.05, 4.69) is 56.1 Å². The van der Waals surface area contributed by atoms with Crippen molar-refractivity contribution in [3.63, 3.8) is 0 Å². The van der Waals surface area contributed by atoms with E-state index >= 15 is 0 Å². The molecule has 1 aromatic carbocycles. The average molecular weight is 276 g/mol. The molecule has 0 aliphatic heterocycles. The van der Waals surface area contributed by atoms with Gasteiger partial charge in [-0.05, 0) is 17.5 Å². The molecule has 1 aliphatic carbocycles. The summed E-state index contributed by atoms with van der Waals surface area (Å²) in [5, 5.41) is 0. The van der Waals surface area contributed by atoms with Crippen molar-refractivity contribution < 1.29 is 0 Å². The van der Waals surface area contributed by atoms with E-state index in [1.54, 1.807) is 0 Å². The maximum atomic E-state index is 3.66. The zero-order valence-corrected chi connectivity index (χ0v) is 9.10. The summed E-state index contributed by atoms with van der Waals surface area (Å²) in [6, 6.07) is 8.59. The molecule has 58 valence electrons. The first kappa shape index (κ1) is 7.81. The summed E-state index contributed by atoms with van der Waals surface area (Å²) in [5.74, 6) is 0. The van der Waals surface area contributed by atoms with Gasteiger partial charge in [-0.2, -0.15) is 0 Å². The van der Waals surface area contributed by atoms with E-state index in [4.69, 9.17) is 0 Å². The highest BCUT2D eigenvalue weighted by molar-refractivity contribution is 9.12. The molecule has 0 radical (unpaired) electrons. The van der Waals surface area contributed by atoms with Gasteiger partial charge in [0.2, 0.25) is 0 Å². The first-order chi connectivity index (χ1) is 5.29. The number of hydrogen-bond donors (Lipinski definition) is 0. The molecule has 2 unspecified atom stereocenters. The number of halogens is 2. The van der Waals surface area contributed by atoms with Crippen molar-refractivity contribution >= 4 is 31.9 Å². The average Bonchev–Trinajstić information content (AvgIpc) is 2.30. The van der Waals surface area contributed by atoms with Crippen molar-refractivity contribution in [2.45, 2.75) is 16.1 Å². The summed E-state index contributed by atoms with van der Waals surface area (Å²) in [4.78, 5) is 1.07. The van der Waals surface area contributed by atoms with Gasteiger partial charge in [0.15, 0.2) is 0 Å². The minimum atomic E-state index is 0.499. The second-order valence-electron chi connectivity index (χ2n) is 2.82. The topological polar surface area (TPSA) is 0 Å². The normalized spacial score (nSPS) is 28.5. The monoisotopic (exact) mass is 274 g/mol. The van der Waals surface area contributed by atoms with Crippen LogP contribution < -0.4 is 0 Å². The predicted molar refractivity (Wildman–Crippen MR) is 54.5 cm³/mol. The standard InChI is InChI=1S/C9H8Br2/c10-8-5-6-3-1-2-4-7(6)9(8)11/h1-4,8-9H,5H2. The molecular weight excluding hydrogens is 268 g/mol. The quantitative estimate of drug-likeness (QED) is 0.637. The molecule has 2 atom stereocenters. The fourth-order valence-corrected chi connectivity index (χ4v) is 2.76. The largest absolute Gasteiger partial charge is 0.0871 e. The Bertz CT molecular complexity index is 270. The molecule has 0 amide bonds. The molecule has 1 aliphatic rings. The van der Waals surface area contributed by atoms with Crippen LogP contribution in [0.3, 0.4) is 0 Å². The number of hydrogen-bond acceptors (Lipinski definition) is 0. The Morgan fingerprint density at radius 1 is 1.18 bits per heavy atom. The summed E-state index contributed by atoms with van der Waals surface area (Å²) in [5.41, 5.74) is 2.91. The van der Waals surface area contributed by atoms with Crippen LogP contribution in [0.2, 0.25) is 0 Å². The molecule has 11 heavy (non-hydrogen) atoms. The van der Waals surface area contributed by atoms with Crippen LogP contribution in [0.15, 0.2) is 24.3 Å². The van der Waals surface area contributed by atoms with Crippen LogP contribution in [-0.4, -0.2) is 4.83 Å². The van der Waals surface area contributed by atoms with Gasteiger partial charge < -0.3 is 0 Å². The molecule has 0 nitrogen and oxygen atoms in total. The smallest absolute Gasteiger partial charge is 0.0526 e. The van der Waals surface area contributed by atoms with Gasteiger partial charge in [0.1, 0.15) is 0 Å². The predicted octanol–water partition coefficient (Wildman–Crippen LogP) is 3.44. The highest BCUT2D eigenvalue weighted by Crippen LogP contribution is 2.41. The number of benzene rings is 1. The fraction of sp³-hybridized carbons (Fsp3) is 0.333. The molecule has 1 aromatic rings. The van der Waals surface area contributed by atoms with Gasteiger partial charge in [0.05, 0.1) is 4.83 Å². The first-order valence-electron chi connectivity index (χ1n) is 3.65. The van der Waals surface area contributed by atoms with Gasteiger partial charge in [0, 0.05) is 4.83 Å². The van der Waals surface area contributed by atoms with E-state index in [0.29, 0.717) is 9.65 Å². The maximum absolute atomic E-state index is 3.66. The Kier molecular flexibility index (Phi) is 2.06. The summed E-state index contributed by atoms with van der Waals surface area (Å²) in [6.07, 6.45) is 1.14. The number of alkyl halides is 2. The zero-order chi connectivity index (χ0) is 7.84. The number of rotatable bonds is 0. The first-order valence-corrected chi connectivity index (χ1v) is 5.48. The summed E-state index contributed by atoms with van der Waals surface area (Å²) in [6.45, 7) is 0. The SMILES string of the molecule is BrC1Cc2ccccc2C1Br. The van der Waals surface area contributed by atoms with Gasteiger partial charge in [-0.15, -0.1) is 0 Å². The lowest BCUT2D eigenvalue weighted by Gasteiger charge is -2.04. The van der Waals surface area contributed by atoms with E-state index in [-0.39, 0.29) is 0 Å². The van der Waals surface area contributed by atoms with Crippen molar-refractivity contribution in [3.8, 4) is 0 Å². The van der Waals surface area contributed by atoms with E-state index in [1.807, 2.05) is 0 Å². The molecule has 2 rings (SSSR count). The minimum Gasteiger partial charge on any atom is -0.0871 e. The van der Waals surface area contributed by atoms with E-state index in [9.17, 15) is 0 Å². The van der Waals surface area contributed by atoms with Gasteiger partial charge >= 0.3 is 0 Å². The van der Waals surface area contributed by atoms with Gasteiger partial charge in [0.25, 0.3) is 0 Å². The molecular formula is C9H8Br2. The van der Waals surface area contributed by atoms with Crippen LogP contribution in [0.4, 0.5) is 0 Å². The third-order valence-corrected chi connectivity index (χ3v) is 4.78. The van der Waals surface area contributed by atoms with Gasteiger partial charge in [-0.1, -0.05) is 56.1 Å². The van der Waals surface area contributed by atoms with Crippen LogP contribution in [0.5, 0.6) is 0 Å². The second kappa shape index (κ2) is 2.91. The lowest BCUT2D eigenvalue weighted by atomic mass is 10.1. The van der Waals surface area contributed by atoms with E-state index in [1.165, 1.54) is 11.1 Å². The lowest BCUT2D eigenvalue weighted by molar-refractivity contribution is 0.945. The zero-order valence-electron chi connectivity index (χ0n) is 5.93. The maximum Gasteiger partial charge on any atom is 0.0526 e. The van der Waals surface area contributed by atoms with E-state index in [0.717, 1.165) is 6.42 Å². The third kappa shape index (κ3) is 1.27. The Hall–Kier alpha value is 0.180. The van der Waals surface area contributed by atoms with Gasteiger partial charge in [-0.3, -0.25) is 0 Å². The minimum absolute atomic E-state index is 0.499. The highest BCUT2D eigenvalue weighted by atomic mass is 79.9. The van der Waals surface area contributed by atoms with Gasteiger partial charge in [-0.25, -0.2) is 0 Å². The Labute approximate surface area is 83.3 Å². The highest BCUT2D eigenvalue weighted by Gasteiger charge is 2.27. The molecule has 2 heteroatoms. The van der Waals surface area contributed by atoms with Crippen LogP contribution in [0.25, 0.3) is 0 Å². The van der Waals surface area contributed by atoms with Crippen molar-refractivity contribution in [3.05, 3.63) is 35.4 Å². The molecule has 0 saturated carbocycles. The fourth-order valence-electron chi connectivity index (χ4n) is 1.50. The molecule has 0 aromatic heterocycles. The third-order valence-electron chi connectivity index (χ3n) is 2.08. The second-order valence-corrected chi connectivity index (χ2v) is 4.98. The Morgan fingerprint density at radius 3 is 2.64 bits per heavy atom. The van der Waals surface area contributed by atoms with Crippen molar-refractivity contribution in [1.82, 2.24) is 0 Å². The van der Waals surface area contributed by atoms with Crippen LogP contribution in [0, 0.1) is 0 Å². The van der Waals surface area contributed by atoms with Crippen molar-refractivity contribution in [2.75, 3.05) is 0 Å². The van der Waals surface area contributed by atoms with E-state index < -0.39 is 0 Å². The molecule has 0 bridgehead atoms. The van der Waals surface area contributed by atoms with Crippen LogP contribution in [-0.2, 0) is 6.42 Å². The molecule has 0 spiro atoms. The Morgan fingerprint density at radius 2 is 1.91 bits per heavy atom. The Balaban J connectivity index is 2.47. The number of fused-ring (bicyclic) bond motifs is 1. The summed E-state index contributed by atoms with van der Waals surface area (Å²) in [7, 11) is 0. The molecule has 0 N–H and O–H groups in total. The summed E-state index contributed by atoms with van der Waals surface area (Å²) >= 11 is 7.29. The van der Waals surface area contributed by atoms with Crippen LogP contribution >= 0.6 is 31.9 Å². The summed E-state index contributed by atoms with van der Waals surface area (Å²) < 4.78 is 0.